The van der Waals surface area contributed by atoms with Crippen LogP contribution in [-0.4, -0.2) is 31.4 Å². The van der Waals surface area contributed by atoms with Crippen LogP contribution in [0, 0.1) is 11.3 Å². The predicted molar refractivity (Wildman–Crippen MR) is 106 cm³/mol. The van der Waals surface area contributed by atoms with Crippen LogP contribution in [0.15, 0.2) is 48.0 Å². The van der Waals surface area contributed by atoms with E-state index >= 15 is 0 Å². The number of rotatable bonds is 9. The zero-order valence-electron chi connectivity index (χ0n) is 16.1. The van der Waals surface area contributed by atoms with Crippen molar-refractivity contribution >= 4 is 12.0 Å². The SMILES string of the molecule is COc1cc(C=C(C#N)C(=O)O)ccc1OCCOc1ccc(C(C)C)cc1. The minimum absolute atomic E-state index is 0.316. The molecule has 2 aromatic carbocycles. The van der Waals surface area contributed by atoms with Crippen molar-refractivity contribution in [2.24, 2.45) is 0 Å². The average Bonchev–Trinajstić information content (AvgIpc) is 2.69. The van der Waals surface area contributed by atoms with E-state index in [-0.39, 0.29) is 5.57 Å². The second-order valence-corrected chi connectivity index (χ2v) is 6.31. The van der Waals surface area contributed by atoms with E-state index < -0.39 is 5.97 Å². The Labute approximate surface area is 164 Å². The van der Waals surface area contributed by atoms with Gasteiger partial charge in [-0.05, 0) is 47.4 Å². The molecule has 0 aliphatic heterocycles. The van der Waals surface area contributed by atoms with Gasteiger partial charge in [-0.25, -0.2) is 4.79 Å². The van der Waals surface area contributed by atoms with Gasteiger partial charge in [0, 0.05) is 0 Å². The standard InChI is InChI=1S/C22H23NO5/c1-15(2)17-5-7-19(8-6-17)27-10-11-28-20-9-4-16(13-21(20)26-3)12-18(14-23)22(24)25/h4-9,12-13,15H,10-11H2,1-3H3,(H,24,25). The van der Waals surface area contributed by atoms with E-state index in [1.54, 1.807) is 24.3 Å². The smallest absolute Gasteiger partial charge is 0.346 e. The summed E-state index contributed by atoms with van der Waals surface area (Å²) in [4.78, 5) is 10.9. The van der Waals surface area contributed by atoms with Crippen molar-refractivity contribution < 1.29 is 24.1 Å². The van der Waals surface area contributed by atoms with Crippen molar-refractivity contribution in [1.29, 1.82) is 5.26 Å². The van der Waals surface area contributed by atoms with E-state index in [4.69, 9.17) is 24.6 Å². The zero-order valence-corrected chi connectivity index (χ0v) is 16.1. The van der Waals surface area contributed by atoms with Crippen molar-refractivity contribution in [3.8, 4) is 23.3 Å². The average molecular weight is 381 g/mol. The summed E-state index contributed by atoms with van der Waals surface area (Å²) in [6.45, 7) is 4.96. The summed E-state index contributed by atoms with van der Waals surface area (Å²) in [6.07, 6.45) is 1.28. The maximum Gasteiger partial charge on any atom is 0.346 e. The molecule has 28 heavy (non-hydrogen) atoms. The van der Waals surface area contributed by atoms with E-state index in [9.17, 15) is 4.79 Å². The van der Waals surface area contributed by atoms with Crippen LogP contribution in [0.1, 0.15) is 30.9 Å². The number of methoxy groups -OCH3 is 1. The highest BCUT2D eigenvalue weighted by Crippen LogP contribution is 2.29. The molecule has 1 N–H and O–H groups in total. The second kappa shape index (κ2) is 10.0. The second-order valence-electron chi connectivity index (χ2n) is 6.31. The number of hydrogen-bond acceptors (Lipinski definition) is 5. The highest BCUT2D eigenvalue weighted by atomic mass is 16.5. The lowest BCUT2D eigenvalue weighted by Gasteiger charge is -2.12. The molecule has 0 unspecified atom stereocenters. The van der Waals surface area contributed by atoms with Gasteiger partial charge in [-0.2, -0.15) is 5.26 Å². The fourth-order valence-electron chi connectivity index (χ4n) is 2.46. The van der Waals surface area contributed by atoms with Crippen LogP contribution in [0.2, 0.25) is 0 Å². The van der Waals surface area contributed by atoms with Gasteiger partial charge >= 0.3 is 5.97 Å². The molecule has 0 aliphatic carbocycles. The molecule has 2 aromatic rings. The molecule has 0 aliphatic rings. The van der Waals surface area contributed by atoms with Crippen molar-refractivity contribution in [3.63, 3.8) is 0 Å². The predicted octanol–water partition coefficient (Wildman–Crippen LogP) is 4.27. The van der Waals surface area contributed by atoms with Crippen LogP contribution in [0.3, 0.4) is 0 Å². The van der Waals surface area contributed by atoms with Gasteiger partial charge in [0.15, 0.2) is 11.5 Å². The lowest BCUT2D eigenvalue weighted by atomic mass is 10.0. The number of carboxylic acid groups (broad SMARTS) is 1. The summed E-state index contributed by atoms with van der Waals surface area (Å²) < 4.78 is 16.7. The molecule has 0 aromatic heterocycles. The Kier molecular flexibility index (Phi) is 7.46. The van der Waals surface area contributed by atoms with E-state index in [2.05, 4.69) is 13.8 Å². The summed E-state index contributed by atoms with van der Waals surface area (Å²) in [5, 5.41) is 17.8. The fraction of sp³-hybridized carbons (Fsp3) is 0.273. The summed E-state index contributed by atoms with van der Waals surface area (Å²) >= 11 is 0. The molecule has 146 valence electrons. The summed E-state index contributed by atoms with van der Waals surface area (Å²) in [5.41, 5.74) is 1.43. The summed E-state index contributed by atoms with van der Waals surface area (Å²) in [5.74, 6) is 0.922. The van der Waals surface area contributed by atoms with Crippen LogP contribution < -0.4 is 14.2 Å². The number of carboxylic acids is 1. The lowest BCUT2D eigenvalue weighted by molar-refractivity contribution is -0.132. The third-order valence-corrected chi connectivity index (χ3v) is 4.01. The van der Waals surface area contributed by atoms with Crippen LogP contribution in [-0.2, 0) is 4.79 Å². The topological polar surface area (TPSA) is 88.8 Å². The molecule has 0 fully saturated rings. The van der Waals surface area contributed by atoms with Crippen LogP contribution in [0.25, 0.3) is 6.08 Å². The molecule has 6 nitrogen and oxygen atoms in total. The Morgan fingerprint density at radius 1 is 1.11 bits per heavy atom. The normalized spacial score (nSPS) is 11.0. The zero-order chi connectivity index (χ0) is 20.5. The van der Waals surface area contributed by atoms with E-state index in [0.717, 1.165) is 5.75 Å². The molecule has 0 saturated heterocycles. The van der Waals surface area contributed by atoms with Gasteiger partial charge in [-0.1, -0.05) is 32.0 Å². The molecule has 2 rings (SSSR count). The molecule has 0 heterocycles. The highest BCUT2D eigenvalue weighted by Gasteiger charge is 2.09. The summed E-state index contributed by atoms with van der Waals surface area (Å²) in [7, 11) is 1.49. The number of aliphatic carboxylic acids is 1. The van der Waals surface area contributed by atoms with Gasteiger partial charge in [-0.3, -0.25) is 0 Å². The minimum atomic E-state index is -1.28. The number of ether oxygens (including phenoxy) is 3. The Morgan fingerprint density at radius 3 is 2.36 bits per heavy atom. The Bertz CT molecular complexity index is 879. The number of hydrogen-bond donors (Lipinski definition) is 1. The van der Waals surface area contributed by atoms with Crippen LogP contribution in [0.4, 0.5) is 0 Å². The van der Waals surface area contributed by atoms with Gasteiger partial charge in [0.25, 0.3) is 0 Å². The van der Waals surface area contributed by atoms with Gasteiger partial charge in [0.05, 0.1) is 7.11 Å². The van der Waals surface area contributed by atoms with E-state index in [0.29, 0.717) is 36.2 Å². The Morgan fingerprint density at radius 2 is 1.79 bits per heavy atom. The largest absolute Gasteiger partial charge is 0.493 e. The maximum absolute atomic E-state index is 10.9. The van der Waals surface area contributed by atoms with Gasteiger partial charge in [-0.15, -0.1) is 0 Å². The van der Waals surface area contributed by atoms with Crippen LogP contribution in [0.5, 0.6) is 17.2 Å². The van der Waals surface area contributed by atoms with Gasteiger partial charge < -0.3 is 19.3 Å². The van der Waals surface area contributed by atoms with E-state index in [1.165, 1.54) is 18.7 Å². The minimum Gasteiger partial charge on any atom is -0.493 e. The molecule has 6 heteroatoms. The Balaban J connectivity index is 1.95. The van der Waals surface area contributed by atoms with E-state index in [1.807, 2.05) is 24.3 Å². The molecule has 0 spiro atoms. The number of benzene rings is 2. The molecular weight excluding hydrogens is 358 g/mol. The monoisotopic (exact) mass is 381 g/mol. The van der Waals surface area contributed by atoms with Crippen molar-refractivity contribution in [3.05, 3.63) is 59.2 Å². The number of nitrogens with zero attached hydrogens (tertiary/aromatic N) is 1. The molecule has 0 amide bonds. The number of nitriles is 1. The molecule has 0 saturated carbocycles. The van der Waals surface area contributed by atoms with Crippen molar-refractivity contribution in [1.82, 2.24) is 0 Å². The third kappa shape index (κ3) is 5.78. The molecular formula is C22H23NO5. The van der Waals surface area contributed by atoms with Gasteiger partial charge in [0.2, 0.25) is 0 Å². The van der Waals surface area contributed by atoms with Gasteiger partial charge in [0.1, 0.15) is 30.6 Å². The summed E-state index contributed by atoms with van der Waals surface area (Å²) in [6, 6.07) is 14.5. The Hall–Kier alpha value is -3.46. The maximum atomic E-state index is 10.9. The first-order valence-corrected chi connectivity index (χ1v) is 8.83. The van der Waals surface area contributed by atoms with Crippen molar-refractivity contribution in [2.45, 2.75) is 19.8 Å². The first kappa shape index (κ1) is 20.8. The highest BCUT2D eigenvalue weighted by molar-refractivity contribution is 5.96. The first-order chi connectivity index (χ1) is 13.4. The first-order valence-electron chi connectivity index (χ1n) is 8.83. The quantitative estimate of drug-likeness (QED) is 0.396. The third-order valence-electron chi connectivity index (χ3n) is 4.01. The van der Waals surface area contributed by atoms with Crippen LogP contribution >= 0.6 is 0 Å². The molecule has 0 atom stereocenters. The fourth-order valence-corrected chi connectivity index (χ4v) is 2.46. The number of carbonyl (C=O) groups is 1. The van der Waals surface area contributed by atoms with Crippen molar-refractivity contribution in [2.75, 3.05) is 20.3 Å². The molecule has 0 radical (unpaired) electrons. The molecule has 0 bridgehead atoms. The lowest BCUT2D eigenvalue weighted by Crippen LogP contribution is -2.09.